The van der Waals surface area contributed by atoms with E-state index >= 15 is 0 Å². The zero-order valence-electron chi connectivity index (χ0n) is 22.8. The van der Waals surface area contributed by atoms with E-state index in [-0.39, 0.29) is 23.6 Å². The number of para-hydroxylation sites is 1. The van der Waals surface area contributed by atoms with Crippen LogP contribution in [-0.2, 0) is 16.4 Å². The SMILES string of the molecule is C=Nn1c(/C=C\C)nc(N)c1C(N)=O.CCc1nc2cccc(C#CCNS(C)(=O)=O)c2c(=O)n1-c1ccccc1. The van der Waals surface area contributed by atoms with Gasteiger partial charge in [0.05, 0.1) is 29.4 Å². The van der Waals surface area contributed by atoms with Gasteiger partial charge in [-0.05, 0) is 37.3 Å². The molecule has 0 radical (unpaired) electrons. The van der Waals surface area contributed by atoms with Crippen LogP contribution in [0.2, 0.25) is 0 Å². The first-order valence-electron chi connectivity index (χ1n) is 12.3. The van der Waals surface area contributed by atoms with Gasteiger partial charge in [0, 0.05) is 18.7 Å². The lowest BCUT2D eigenvalue weighted by atomic mass is 10.1. The number of aromatic nitrogens is 4. The summed E-state index contributed by atoms with van der Waals surface area (Å²) in [5.41, 5.74) is 12.3. The van der Waals surface area contributed by atoms with Gasteiger partial charge in [0.1, 0.15) is 5.82 Å². The number of imidazole rings is 1. The van der Waals surface area contributed by atoms with Crippen LogP contribution in [0.4, 0.5) is 5.82 Å². The lowest BCUT2D eigenvalue weighted by molar-refractivity contribution is 0.0993. The zero-order valence-corrected chi connectivity index (χ0v) is 23.6. The summed E-state index contributed by atoms with van der Waals surface area (Å²) in [5.74, 6) is 6.10. The van der Waals surface area contributed by atoms with E-state index in [0.29, 0.717) is 34.5 Å². The van der Waals surface area contributed by atoms with Crippen molar-refractivity contribution < 1.29 is 13.2 Å². The zero-order chi connectivity index (χ0) is 30.2. The van der Waals surface area contributed by atoms with E-state index < -0.39 is 15.9 Å². The molecular formula is C28H30N8O4S. The van der Waals surface area contributed by atoms with E-state index in [0.717, 1.165) is 11.9 Å². The van der Waals surface area contributed by atoms with Crippen molar-refractivity contribution in [2.45, 2.75) is 20.3 Å². The Labute approximate surface area is 237 Å². The molecule has 0 aliphatic heterocycles. The number of carbonyl (C=O) groups is 1. The minimum Gasteiger partial charge on any atom is -0.382 e. The lowest BCUT2D eigenvalue weighted by Crippen LogP contribution is -2.24. The number of nitrogens with one attached hydrogen (secondary N) is 1. The van der Waals surface area contributed by atoms with Crippen LogP contribution >= 0.6 is 0 Å². The number of rotatable bonds is 7. The van der Waals surface area contributed by atoms with Crippen LogP contribution in [0.1, 0.15) is 41.5 Å². The van der Waals surface area contributed by atoms with Crippen molar-refractivity contribution in [2.75, 3.05) is 18.5 Å². The first-order chi connectivity index (χ1) is 19.5. The molecule has 1 amide bonds. The fourth-order valence-electron chi connectivity index (χ4n) is 3.84. The summed E-state index contributed by atoms with van der Waals surface area (Å²) in [6, 6.07) is 14.7. The third-order valence-corrected chi connectivity index (χ3v) is 6.21. The number of aryl methyl sites for hydroxylation is 1. The lowest BCUT2D eigenvalue weighted by Gasteiger charge is -2.13. The molecule has 0 atom stereocenters. The minimum atomic E-state index is -3.31. The molecule has 0 fully saturated rings. The van der Waals surface area contributed by atoms with Crippen LogP contribution in [-0.4, -0.2) is 53.1 Å². The average Bonchev–Trinajstić information content (AvgIpc) is 3.26. The van der Waals surface area contributed by atoms with Crippen molar-refractivity contribution in [3.05, 3.63) is 87.9 Å². The molecule has 0 aliphatic carbocycles. The van der Waals surface area contributed by atoms with Crippen LogP contribution in [0.25, 0.3) is 22.7 Å². The van der Waals surface area contributed by atoms with Crippen LogP contribution in [0.5, 0.6) is 0 Å². The third kappa shape index (κ3) is 7.33. The molecule has 0 spiro atoms. The number of nitrogens with zero attached hydrogens (tertiary/aromatic N) is 5. The van der Waals surface area contributed by atoms with Crippen molar-refractivity contribution in [1.82, 2.24) is 23.9 Å². The van der Waals surface area contributed by atoms with Crippen LogP contribution in [0.15, 0.2) is 64.5 Å². The Hall–Kier alpha value is -5.06. The Morgan fingerprint density at radius 3 is 2.46 bits per heavy atom. The summed E-state index contributed by atoms with van der Waals surface area (Å²) >= 11 is 0. The van der Waals surface area contributed by atoms with E-state index in [1.807, 2.05) is 44.2 Å². The molecule has 0 saturated heterocycles. The molecular weight excluding hydrogens is 544 g/mol. The normalized spacial score (nSPS) is 11.0. The van der Waals surface area contributed by atoms with Gasteiger partial charge in [0.2, 0.25) is 10.0 Å². The summed E-state index contributed by atoms with van der Waals surface area (Å²) in [6.45, 7) is 7.04. The van der Waals surface area contributed by atoms with Gasteiger partial charge in [0.25, 0.3) is 11.5 Å². The second kappa shape index (κ2) is 13.3. The maximum absolute atomic E-state index is 13.3. The van der Waals surface area contributed by atoms with Gasteiger partial charge in [0.15, 0.2) is 17.3 Å². The smallest absolute Gasteiger partial charge is 0.271 e. The quantitative estimate of drug-likeness (QED) is 0.223. The van der Waals surface area contributed by atoms with Crippen molar-refractivity contribution in [3.8, 4) is 17.5 Å². The van der Waals surface area contributed by atoms with Gasteiger partial charge in [-0.15, -0.1) is 0 Å². The second-order valence-corrected chi connectivity index (χ2v) is 10.3. The van der Waals surface area contributed by atoms with E-state index in [1.54, 1.807) is 34.9 Å². The Morgan fingerprint density at radius 2 is 1.88 bits per heavy atom. The van der Waals surface area contributed by atoms with Gasteiger partial charge in [-0.25, -0.2) is 27.8 Å². The Kier molecular flexibility index (Phi) is 9.91. The van der Waals surface area contributed by atoms with Crippen molar-refractivity contribution in [2.24, 2.45) is 10.8 Å². The highest BCUT2D eigenvalue weighted by Crippen LogP contribution is 2.17. The summed E-state index contributed by atoms with van der Waals surface area (Å²) < 4.78 is 27.4. The van der Waals surface area contributed by atoms with Gasteiger partial charge in [-0.3, -0.25) is 14.2 Å². The topological polar surface area (TPSA) is 180 Å². The molecule has 0 aliphatic rings. The summed E-state index contributed by atoms with van der Waals surface area (Å²) in [7, 11) is -3.31. The number of nitrogens with two attached hydrogens (primary N) is 2. The molecule has 0 bridgehead atoms. The number of primary amides is 1. The van der Waals surface area contributed by atoms with Crippen molar-refractivity contribution in [1.29, 1.82) is 0 Å². The number of fused-ring (bicyclic) bond motifs is 1. The molecule has 41 heavy (non-hydrogen) atoms. The fourth-order valence-corrected chi connectivity index (χ4v) is 4.18. The summed E-state index contributed by atoms with van der Waals surface area (Å²) in [4.78, 5) is 32.8. The van der Waals surface area contributed by atoms with Gasteiger partial charge < -0.3 is 11.5 Å². The first kappa shape index (κ1) is 30.5. The highest BCUT2D eigenvalue weighted by atomic mass is 32.2. The van der Waals surface area contributed by atoms with Gasteiger partial charge in [-0.2, -0.15) is 5.10 Å². The van der Waals surface area contributed by atoms with E-state index in [4.69, 9.17) is 11.5 Å². The average molecular weight is 575 g/mol. The minimum absolute atomic E-state index is 0.0252. The van der Waals surface area contributed by atoms with Crippen LogP contribution < -0.4 is 21.7 Å². The van der Waals surface area contributed by atoms with Crippen molar-refractivity contribution in [3.63, 3.8) is 0 Å². The number of carbonyl (C=O) groups excluding carboxylic acids is 1. The molecule has 2 aromatic heterocycles. The largest absolute Gasteiger partial charge is 0.382 e. The van der Waals surface area contributed by atoms with Crippen LogP contribution in [0.3, 0.4) is 0 Å². The van der Waals surface area contributed by atoms with Crippen LogP contribution in [0, 0.1) is 11.8 Å². The van der Waals surface area contributed by atoms with E-state index in [9.17, 15) is 18.0 Å². The number of sulfonamides is 1. The standard InChI is InChI=1S/C20H19N3O3S.C8H11N5O/c1-3-18-22-17-13-7-9-15(10-8-14-21-27(2,25)26)19(17)20(24)23(18)16-11-5-4-6-12-16;1-3-4-5-12-7(9)6(8(10)14)13(5)11-2/h4-7,9,11-13,21H,3,14H2,1-2H3;3-4H,2,9H2,1H3,(H2,10,14)/b;4-3-. The molecule has 4 aromatic rings. The molecule has 0 unspecified atom stereocenters. The number of allylic oxidation sites excluding steroid dienone is 1. The molecule has 4 rings (SSSR count). The molecule has 2 aromatic carbocycles. The molecule has 13 heteroatoms. The predicted molar refractivity (Wildman–Crippen MR) is 161 cm³/mol. The molecule has 0 saturated carbocycles. The molecule has 2 heterocycles. The summed E-state index contributed by atoms with van der Waals surface area (Å²) in [6.07, 6.45) is 5.07. The maximum Gasteiger partial charge on any atom is 0.271 e. The van der Waals surface area contributed by atoms with Crippen molar-refractivity contribution >= 4 is 45.4 Å². The molecule has 212 valence electrons. The second-order valence-electron chi connectivity index (χ2n) is 8.47. The highest BCUT2D eigenvalue weighted by molar-refractivity contribution is 7.88. The maximum atomic E-state index is 13.3. The Morgan fingerprint density at radius 1 is 1.17 bits per heavy atom. The van der Waals surface area contributed by atoms with E-state index in [2.05, 4.69) is 38.3 Å². The van der Waals surface area contributed by atoms with Gasteiger partial charge in [-0.1, -0.05) is 49.1 Å². The Balaban J connectivity index is 0.000000278. The summed E-state index contributed by atoms with van der Waals surface area (Å²) in [5, 5.41) is 4.02. The highest BCUT2D eigenvalue weighted by Gasteiger charge is 2.17. The number of nitrogen functional groups attached to an aromatic ring is 1. The first-order valence-corrected chi connectivity index (χ1v) is 14.2. The number of hydrogen-bond acceptors (Lipinski definition) is 8. The molecule has 12 nitrogen and oxygen atoms in total. The van der Waals surface area contributed by atoms with E-state index in [1.165, 1.54) is 4.68 Å². The van der Waals surface area contributed by atoms with Gasteiger partial charge >= 0.3 is 0 Å². The third-order valence-electron chi connectivity index (χ3n) is 5.54. The number of amides is 1. The number of hydrogen-bond donors (Lipinski definition) is 3. The monoisotopic (exact) mass is 574 g/mol. The Bertz CT molecular complexity index is 1850. The molecule has 5 N–H and O–H groups in total. The predicted octanol–water partition coefficient (Wildman–Crippen LogP) is 1.91. The number of anilines is 1. The fraction of sp³-hybridized carbons (Fsp3) is 0.179. The number of benzene rings is 2.